The molecule has 1 aliphatic rings. The highest BCUT2D eigenvalue weighted by Crippen LogP contribution is 2.21. The summed E-state index contributed by atoms with van der Waals surface area (Å²) < 4.78 is 5.43. The van der Waals surface area contributed by atoms with Gasteiger partial charge in [0.05, 0.1) is 12.1 Å². The number of aliphatic hydroxyl groups is 1. The summed E-state index contributed by atoms with van der Waals surface area (Å²) in [4.78, 5) is 11.8. The molecule has 1 aromatic carbocycles. The maximum absolute atomic E-state index is 11.8. The summed E-state index contributed by atoms with van der Waals surface area (Å²) in [5, 5.41) is 13.3. The predicted molar refractivity (Wildman–Crippen MR) is 78.1 cm³/mol. The Morgan fingerprint density at radius 3 is 2.90 bits per heavy atom. The number of aryl methyl sites for hydroxylation is 1. The van der Waals surface area contributed by atoms with E-state index in [-0.39, 0.29) is 18.6 Å². The fourth-order valence-electron chi connectivity index (χ4n) is 2.38. The van der Waals surface area contributed by atoms with Crippen LogP contribution in [0.4, 0.5) is 0 Å². The largest absolute Gasteiger partial charge is 0.484 e. The van der Waals surface area contributed by atoms with Crippen molar-refractivity contribution in [1.29, 1.82) is 0 Å². The number of hydrogen-bond acceptors (Lipinski definition) is 3. The molecule has 0 saturated heterocycles. The standard InChI is InChI=1S/C15H20ClNO3/c1-10-8-11(6-7-12(10)16)20-9-15(19)17-13-4-2-3-5-14(13)18/h6-8,13-14,18H,2-5,9H2,1H3,(H,17,19)/t13-,14-/m1/s1. The molecule has 1 amide bonds. The van der Waals surface area contributed by atoms with E-state index in [1.54, 1.807) is 18.2 Å². The predicted octanol–water partition coefficient (Wildman–Crippen LogP) is 2.45. The van der Waals surface area contributed by atoms with Crippen LogP contribution >= 0.6 is 11.6 Å². The molecule has 110 valence electrons. The highest BCUT2D eigenvalue weighted by Gasteiger charge is 2.24. The molecule has 1 saturated carbocycles. The Kier molecular flexibility index (Phi) is 5.26. The molecule has 2 N–H and O–H groups in total. The highest BCUT2D eigenvalue weighted by molar-refractivity contribution is 6.31. The molecule has 0 spiro atoms. The van der Waals surface area contributed by atoms with Crippen molar-refractivity contribution in [2.24, 2.45) is 0 Å². The number of aliphatic hydroxyl groups excluding tert-OH is 1. The maximum Gasteiger partial charge on any atom is 0.258 e. The third-order valence-corrected chi connectivity index (χ3v) is 4.00. The average molecular weight is 298 g/mol. The number of ether oxygens (including phenoxy) is 1. The van der Waals surface area contributed by atoms with E-state index >= 15 is 0 Å². The van der Waals surface area contributed by atoms with Crippen LogP contribution in [-0.2, 0) is 4.79 Å². The Labute approximate surface area is 124 Å². The third-order valence-electron chi connectivity index (χ3n) is 3.58. The molecular formula is C15H20ClNO3. The summed E-state index contributed by atoms with van der Waals surface area (Å²) in [6.07, 6.45) is 3.20. The lowest BCUT2D eigenvalue weighted by Gasteiger charge is -2.28. The van der Waals surface area contributed by atoms with Gasteiger partial charge in [0.2, 0.25) is 0 Å². The Bertz CT molecular complexity index is 478. The van der Waals surface area contributed by atoms with Crippen LogP contribution in [0, 0.1) is 6.92 Å². The minimum atomic E-state index is -0.439. The van der Waals surface area contributed by atoms with Crippen molar-refractivity contribution in [3.63, 3.8) is 0 Å². The molecule has 1 aliphatic carbocycles. The molecule has 20 heavy (non-hydrogen) atoms. The van der Waals surface area contributed by atoms with Crippen molar-refractivity contribution in [2.75, 3.05) is 6.61 Å². The second kappa shape index (κ2) is 6.95. The molecule has 5 heteroatoms. The molecule has 0 bridgehead atoms. The van der Waals surface area contributed by atoms with E-state index in [1.165, 1.54) is 0 Å². The zero-order valence-corrected chi connectivity index (χ0v) is 12.3. The Morgan fingerprint density at radius 1 is 1.45 bits per heavy atom. The van der Waals surface area contributed by atoms with Crippen LogP contribution in [0.15, 0.2) is 18.2 Å². The monoisotopic (exact) mass is 297 g/mol. The summed E-state index contributed by atoms with van der Waals surface area (Å²) >= 11 is 5.93. The van der Waals surface area contributed by atoms with Gasteiger partial charge in [0, 0.05) is 5.02 Å². The van der Waals surface area contributed by atoms with E-state index in [9.17, 15) is 9.90 Å². The number of rotatable bonds is 4. The van der Waals surface area contributed by atoms with Gasteiger partial charge in [-0.2, -0.15) is 0 Å². The average Bonchev–Trinajstić information content (AvgIpc) is 2.43. The van der Waals surface area contributed by atoms with Gasteiger partial charge >= 0.3 is 0 Å². The number of nitrogens with one attached hydrogen (secondary N) is 1. The molecule has 0 heterocycles. The smallest absolute Gasteiger partial charge is 0.258 e. The van der Waals surface area contributed by atoms with Crippen LogP contribution < -0.4 is 10.1 Å². The molecule has 0 radical (unpaired) electrons. The summed E-state index contributed by atoms with van der Waals surface area (Å²) in [6.45, 7) is 1.83. The summed E-state index contributed by atoms with van der Waals surface area (Å²) in [6, 6.07) is 5.13. The lowest BCUT2D eigenvalue weighted by molar-refractivity contribution is -0.125. The Balaban J connectivity index is 1.81. The van der Waals surface area contributed by atoms with Crippen molar-refractivity contribution < 1.29 is 14.6 Å². The zero-order valence-electron chi connectivity index (χ0n) is 11.6. The van der Waals surface area contributed by atoms with E-state index in [2.05, 4.69) is 5.32 Å². The van der Waals surface area contributed by atoms with Gasteiger partial charge in [-0.25, -0.2) is 0 Å². The minimum Gasteiger partial charge on any atom is -0.484 e. The highest BCUT2D eigenvalue weighted by atomic mass is 35.5. The number of hydrogen-bond donors (Lipinski definition) is 2. The van der Waals surface area contributed by atoms with Crippen molar-refractivity contribution in [2.45, 2.75) is 44.8 Å². The molecule has 1 fully saturated rings. The van der Waals surface area contributed by atoms with Crippen LogP contribution in [0.3, 0.4) is 0 Å². The zero-order chi connectivity index (χ0) is 14.5. The van der Waals surface area contributed by atoms with Crippen LogP contribution in [0.5, 0.6) is 5.75 Å². The van der Waals surface area contributed by atoms with Gasteiger partial charge in [0.25, 0.3) is 5.91 Å². The first-order chi connectivity index (χ1) is 9.56. The number of halogens is 1. The first-order valence-corrected chi connectivity index (χ1v) is 7.30. The van der Waals surface area contributed by atoms with Gasteiger partial charge in [0.15, 0.2) is 6.61 Å². The van der Waals surface area contributed by atoms with Gasteiger partial charge < -0.3 is 15.2 Å². The first kappa shape index (κ1) is 15.1. The number of carbonyl (C=O) groups is 1. The SMILES string of the molecule is Cc1cc(OCC(=O)N[C@@H]2CCCC[C@H]2O)ccc1Cl. The van der Waals surface area contributed by atoms with Crippen LogP contribution in [0.2, 0.25) is 5.02 Å². The van der Waals surface area contributed by atoms with Gasteiger partial charge in [-0.15, -0.1) is 0 Å². The van der Waals surface area contributed by atoms with E-state index in [0.29, 0.717) is 10.8 Å². The number of benzene rings is 1. The topological polar surface area (TPSA) is 58.6 Å². The number of carbonyl (C=O) groups excluding carboxylic acids is 1. The molecule has 0 unspecified atom stereocenters. The van der Waals surface area contributed by atoms with E-state index in [0.717, 1.165) is 31.2 Å². The van der Waals surface area contributed by atoms with Gasteiger partial charge in [0.1, 0.15) is 5.75 Å². The van der Waals surface area contributed by atoms with Crippen molar-refractivity contribution in [3.05, 3.63) is 28.8 Å². The molecule has 2 rings (SSSR count). The Morgan fingerprint density at radius 2 is 2.20 bits per heavy atom. The van der Waals surface area contributed by atoms with E-state index in [1.807, 2.05) is 6.92 Å². The van der Waals surface area contributed by atoms with Crippen molar-refractivity contribution in [3.8, 4) is 5.75 Å². The third kappa shape index (κ3) is 4.12. The summed E-state index contributed by atoms with van der Waals surface area (Å²) in [5.41, 5.74) is 0.910. The van der Waals surface area contributed by atoms with E-state index < -0.39 is 6.10 Å². The lowest BCUT2D eigenvalue weighted by atomic mass is 9.92. The molecular weight excluding hydrogens is 278 g/mol. The second-order valence-corrected chi connectivity index (χ2v) is 5.63. The number of amides is 1. The van der Waals surface area contributed by atoms with Crippen molar-refractivity contribution >= 4 is 17.5 Å². The first-order valence-electron chi connectivity index (χ1n) is 6.92. The fourth-order valence-corrected chi connectivity index (χ4v) is 2.50. The minimum absolute atomic E-state index is 0.0513. The molecule has 4 nitrogen and oxygen atoms in total. The quantitative estimate of drug-likeness (QED) is 0.897. The van der Waals surface area contributed by atoms with E-state index in [4.69, 9.17) is 16.3 Å². The molecule has 1 aromatic rings. The van der Waals surface area contributed by atoms with Crippen molar-refractivity contribution in [1.82, 2.24) is 5.32 Å². The van der Waals surface area contributed by atoms with Gasteiger partial charge in [-0.1, -0.05) is 24.4 Å². The molecule has 0 aliphatic heterocycles. The lowest BCUT2D eigenvalue weighted by Crippen LogP contribution is -2.46. The Hall–Kier alpha value is -1.26. The maximum atomic E-state index is 11.8. The fraction of sp³-hybridized carbons (Fsp3) is 0.533. The normalized spacial score (nSPS) is 22.4. The van der Waals surface area contributed by atoms with Crippen LogP contribution in [0.25, 0.3) is 0 Å². The molecule has 2 atom stereocenters. The molecule has 0 aromatic heterocycles. The summed E-state index contributed by atoms with van der Waals surface area (Å²) in [5.74, 6) is 0.412. The van der Waals surface area contributed by atoms with Gasteiger partial charge in [-0.3, -0.25) is 4.79 Å². The summed E-state index contributed by atoms with van der Waals surface area (Å²) in [7, 11) is 0. The second-order valence-electron chi connectivity index (χ2n) is 5.23. The van der Waals surface area contributed by atoms with Gasteiger partial charge in [-0.05, 0) is 43.5 Å². The van der Waals surface area contributed by atoms with Crippen LogP contribution in [-0.4, -0.2) is 29.8 Å². The van der Waals surface area contributed by atoms with Crippen LogP contribution in [0.1, 0.15) is 31.2 Å².